The van der Waals surface area contributed by atoms with Gasteiger partial charge < -0.3 is 15.4 Å². The molecule has 1 aliphatic carbocycles. The summed E-state index contributed by atoms with van der Waals surface area (Å²) in [5.74, 6) is 0.552. The van der Waals surface area contributed by atoms with E-state index in [0.717, 1.165) is 37.7 Å². The zero-order chi connectivity index (χ0) is 37.2. The highest BCUT2D eigenvalue weighted by molar-refractivity contribution is 7.99. The van der Waals surface area contributed by atoms with Gasteiger partial charge in [-0.25, -0.2) is 19.7 Å². The van der Waals surface area contributed by atoms with Gasteiger partial charge in [-0.05, 0) is 107 Å². The van der Waals surface area contributed by atoms with Crippen molar-refractivity contribution in [2.24, 2.45) is 0 Å². The van der Waals surface area contributed by atoms with Crippen LogP contribution >= 0.6 is 23.3 Å². The monoisotopic (exact) mass is 749 g/mol. The van der Waals surface area contributed by atoms with Gasteiger partial charge in [0.15, 0.2) is 5.65 Å². The first-order chi connectivity index (χ1) is 26.3. The second-order valence-electron chi connectivity index (χ2n) is 13.2. The van der Waals surface area contributed by atoms with Gasteiger partial charge in [0.25, 0.3) is 5.91 Å². The molecule has 1 aliphatic rings. The number of hydrogen-bond acceptors (Lipinski definition) is 10. The molecule has 7 aromatic rings. The van der Waals surface area contributed by atoms with E-state index in [9.17, 15) is 9.59 Å². The summed E-state index contributed by atoms with van der Waals surface area (Å²) in [6.45, 7) is 6.30. The largest absolute Gasteiger partial charge is 0.448 e. The van der Waals surface area contributed by atoms with Crippen molar-refractivity contribution in [3.63, 3.8) is 0 Å². The van der Waals surface area contributed by atoms with Crippen LogP contribution in [-0.2, 0) is 4.74 Å². The van der Waals surface area contributed by atoms with Gasteiger partial charge in [0, 0.05) is 32.7 Å². The number of ether oxygens (including phenoxy) is 1. The number of fused-ring (bicyclic) bond motifs is 4. The van der Waals surface area contributed by atoms with Crippen LogP contribution in [0.1, 0.15) is 58.6 Å². The molecule has 3 heterocycles. The molecule has 0 aliphatic heterocycles. The number of aryl methyl sites for hydroxylation is 1. The van der Waals surface area contributed by atoms with Crippen LogP contribution in [0.15, 0.2) is 125 Å². The number of pyridine rings is 1. The Balaban J connectivity index is 0.991. The van der Waals surface area contributed by atoms with E-state index in [1.807, 2.05) is 85.8 Å². The second kappa shape index (κ2) is 15.1. The molecule has 0 unspecified atom stereocenters. The molecule has 0 atom stereocenters. The lowest BCUT2D eigenvalue weighted by atomic mass is 9.98. The van der Waals surface area contributed by atoms with Gasteiger partial charge in [-0.15, -0.1) is 0 Å². The average Bonchev–Trinajstić information content (AvgIpc) is 3.74. The van der Waals surface area contributed by atoms with Crippen molar-refractivity contribution in [3.8, 4) is 11.1 Å². The molecule has 0 fully saturated rings. The van der Waals surface area contributed by atoms with Crippen molar-refractivity contribution in [3.05, 3.63) is 144 Å². The number of anilines is 4. The number of benzene rings is 4. The number of nitrogens with one attached hydrogen (secondary N) is 3. The summed E-state index contributed by atoms with van der Waals surface area (Å²) < 4.78 is 10.0. The summed E-state index contributed by atoms with van der Waals surface area (Å²) in [6, 6.07) is 35.3. The van der Waals surface area contributed by atoms with E-state index in [2.05, 4.69) is 68.4 Å². The molecule has 54 heavy (non-hydrogen) atoms. The smallest absolute Gasteiger partial charge is 0.411 e. The highest BCUT2D eigenvalue weighted by Crippen LogP contribution is 2.44. The third-order valence-electron chi connectivity index (χ3n) is 9.14. The molecule has 0 spiro atoms. The van der Waals surface area contributed by atoms with Crippen molar-refractivity contribution in [2.75, 3.05) is 22.6 Å². The molecule has 0 saturated carbocycles. The summed E-state index contributed by atoms with van der Waals surface area (Å²) in [5.41, 5.74) is 8.81. The molecular weight excluding hydrogens is 715 g/mol. The van der Waals surface area contributed by atoms with Gasteiger partial charge in [-0.1, -0.05) is 74.1 Å². The van der Waals surface area contributed by atoms with E-state index in [1.165, 1.54) is 40.7 Å². The number of carbonyl (C=O) groups excluding carboxylic acids is 2. The van der Waals surface area contributed by atoms with Gasteiger partial charge in [0.1, 0.15) is 23.8 Å². The second-order valence-corrected chi connectivity index (χ2v) is 15.1. The van der Waals surface area contributed by atoms with Crippen LogP contribution in [0.3, 0.4) is 0 Å². The molecule has 2 amide bonds. The maximum Gasteiger partial charge on any atom is 0.411 e. The Hall–Kier alpha value is -6.11. The van der Waals surface area contributed by atoms with Gasteiger partial charge >= 0.3 is 6.09 Å². The van der Waals surface area contributed by atoms with E-state index in [0.29, 0.717) is 33.4 Å². The summed E-state index contributed by atoms with van der Waals surface area (Å²) in [4.78, 5) is 41.7. The summed E-state index contributed by atoms with van der Waals surface area (Å²) in [6.07, 6.45) is 0.970. The number of amides is 2. The van der Waals surface area contributed by atoms with E-state index >= 15 is 0 Å². The van der Waals surface area contributed by atoms with Crippen LogP contribution < -0.4 is 16.0 Å². The number of nitrogens with zero attached hydrogens (tertiary/aromatic N) is 4. The lowest BCUT2D eigenvalue weighted by Crippen LogP contribution is -2.17. The van der Waals surface area contributed by atoms with Crippen LogP contribution in [0.4, 0.5) is 27.0 Å². The quantitative estimate of drug-likeness (QED) is 0.125. The predicted molar refractivity (Wildman–Crippen MR) is 215 cm³/mol. The van der Waals surface area contributed by atoms with Gasteiger partial charge in [-0.3, -0.25) is 10.1 Å². The standard InChI is InChI=1S/C42H35N7O3S2/c1-24(2)35-18-17-33-39(46-35)43-23-44-40(33)47-36-21-26(41(50)48-38-20-25(3)49-54-38)12-19-37(36)53-28-15-13-27(14-16-28)45-42(51)52-22-34-31-10-6-4-8-29(31)30-9-5-7-11-32(30)34/h4-21,23-24,34H,22H2,1-3H3,(H,45,51)(H,48,50)(H,43,44,46,47). The maximum absolute atomic E-state index is 13.3. The van der Waals surface area contributed by atoms with Crippen molar-refractivity contribution in [1.29, 1.82) is 0 Å². The SMILES string of the molecule is Cc1cc(NC(=O)c2ccc(Sc3ccc(NC(=O)OCC4c5ccccc5-c5ccccc54)cc3)c(Nc3ncnc4nc(C(C)C)ccc34)c2)sn1. The Morgan fingerprint density at radius 3 is 2.30 bits per heavy atom. The Labute approximate surface area is 320 Å². The summed E-state index contributed by atoms with van der Waals surface area (Å²) in [7, 11) is 0. The molecule has 8 rings (SSSR count). The number of hydrogen-bond donors (Lipinski definition) is 3. The Kier molecular flexibility index (Phi) is 9.77. The Morgan fingerprint density at radius 2 is 1.59 bits per heavy atom. The molecule has 3 N–H and O–H groups in total. The Morgan fingerprint density at radius 1 is 0.852 bits per heavy atom. The minimum atomic E-state index is -0.516. The van der Waals surface area contributed by atoms with Crippen LogP contribution in [0.2, 0.25) is 0 Å². The predicted octanol–water partition coefficient (Wildman–Crippen LogP) is 10.4. The fourth-order valence-electron chi connectivity index (χ4n) is 6.46. The highest BCUT2D eigenvalue weighted by atomic mass is 32.2. The van der Waals surface area contributed by atoms with Crippen LogP contribution in [0, 0.1) is 6.92 Å². The molecule has 12 heteroatoms. The van der Waals surface area contributed by atoms with Crippen molar-refractivity contribution >= 4 is 68.5 Å². The van der Waals surface area contributed by atoms with E-state index in [4.69, 9.17) is 9.72 Å². The number of rotatable bonds is 10. The highest BCUT2D eigenvalue weighted by Gasteiger charge is 2.29. The first kappa shape index (κ1) is 34.9. The fraction of sp³-hybridized carbons (Fsp3) is 0.143. The molecule has 10 nitrogen and oxygen atoms in total. The maximum atomic E-state index is 13.3. The third kappa shape index (κ3) is 7.39. The number of aromatic nitrogens is 4. The van der Waals surface area contributed by atoms with Gasteiger partial charge in [0.05, 0.1) is 16.8 Å². The zero-order valence-electron chi connectivity index (χ0n) is 29.7. The van der Waals surface area contributed by atoms with Gasteiger partial charge in [0.2, 0.25) is 0 Å². The normalized spacial score (nSPS) is 12.0. The summed E-state index contributed by atoms with van der Waals surface area (Å²) >= 11 is 2.75. The fourth-order valence-corrected chi connectivity index (χ4v) is 7.99. The van der Waals surface area contributed by atoms with E-state index < -0.39 is 6.09 Å². The van der Waals surface area contributed by atoms with E-state index in [1.54, 1.807) is 6.07 Å². The van der Waals surface area contributed by atoms with Crippen molar-refractivity contribution < 1.29 is 14.3 Å². The van der Waals surface area contributed by atoms with Crippen LogP contribution in [0.5, 0.6) is 0 Å². The topological polar surface area (TPSA) is 131 Å². The average molecular weight is 750 g/mol. The first-order valence-electron chi connectivity index (χ1n) is 17.5. The minimum Gasteiger partial charge on any atom is -0.448 e. The molecule has 0 radical (unpaired) electrons. The molecular formula is C42H35N7O3S2. The minimum absolute atomic E-state index is 0.0202. The third-order valence-corrected chi connectivity index (χ3v) is 11.0. The zero-order valence-corrected chi connectivity index (χ0v) is 31.3. The lowest BCUT2D eigenvalue weighted by Gasteiger charge is -2.15. The lowest BCUT2D eigenvalue weighted by molar-refractivity contribution is 0.102. The first-order valence-corrected chi connectivity index (χ1v) is 19.1. The Bertz CT molecular complexity index is 2470. The van der Waals surface area contributed by atoms with Gasteiger partial charge in [-0.2, -0.15) is 4.37 Å². The number of carbonyl (C=O) groups is 2. The molecule has 0 bridgehead atoms. The molecule has 4 aromatic carbocycles. The van der Waals surface area contributed by atoms with Crippen molar-refractivity contribution in [2.45, 2.75) is 42.4 Å². The van der Waals surface area contributed by atoms with Crippen LogP contribution in [0.25, 0.3) is 22.2 Å². The van der Waals surface area contributed by atoms with Crippen LogP contribution in [-0.4, -0.2) is 37.9 Å². The molecule has 3 aromatic heterocycles. The molecule has 0 saturated heterocycles. The van der Waals surface area contributed by atoms with Crippen molar-refractivity contribution in [1.82, 2.24) is 19.3 Å². The molecule has 268 valence electrons. The van der Waals surface area contributed by atoms with E-state index in [-0.39, 0.29) is 24.3 Å². The summed E-state index contributed by atoms with van der Waals surface area (Å²) in [5, 5.41) is 10.7.